The van der Waals surface area contributed by atoms with Gasteiger partial charge in [0, 0.05) is 53.8 Å². The summed E-state index contributed by atoms with van der Waals surface area (Å²) in [6, 6.07) is 8.24. The number of carbonyl (C=O) groups excluding carboxylic acids is 1. The lowest BCUT2D eigenvalue weighted by Crippen LogP contribution is -2.47. The molecule has 188 valence electrons. The molecule has 2 aliphatic heterocycles. The number of aliphatic hydroxyl groups is 1. The number of carbonyl (C=O) groups is 1. The van der Waals surface area contributed by atoms with Crippen molar-refractivity contribution in [1.82, 2.24) is 24.5 Å². The van der Waals surface area contributed by atoms with Crippen LogP contribution in [0.2, 0.25) is 0 Å². The van der Waals surface area contributed by atoms with Gasteiger partial charge in [-0.25, -0.2) is 14.5 Å². The first-order chi connectivity index (χ1) is 17.8. The number of fused-ring (bicyclic) bond motifs is 9. The van der Waals surface area contributed by atoms with Gasteiger partial charge >= 0.3 is 6.61 Å². The molecule has 0 spiro atoms. The predicted octanol–water partition coefficient (Wildman–Crippen LogP) is 3.27. The Bertz CT molecular complexity index is 1570. The Hall–Kier alpha value is -3.96. The molecule has 3 aromatic heterocycles. The highest BCUT2D eigenvalue weighted by molar-refractivity contribution is 5.98. The zero-order valence-electron chi connectivity index (χ0n) is 19.6. The van der Waals surface area contributed by atoms with E-state index in [2.05, 4.69) is 9.97 Å². The minimum absolute atomic E-state index is 0.00477. The largest absolute Gasteiger partial charge is 0.434 e. The molecule has 4 aromatic rings. The van der Waals surface area contributed by atoms with Gasteiger partial charge in [0.1, 0.15) is 5.75 Å². The van der Waals surface area contributed by atoms with Crippen LogP contribution in [-0.2, 0) is 10.3 Å². The number of rotatable bonds is 4. The van der Waals surface area contributed by atoms with E-state index >= 15 is 0 Å². The van der Waals surface area contributed by atoms with Gasteiger partial charge in [-0.3, -0.25) is 4.79 Å². The molecule has 3 aliphatic rings. The van der Waals surface area contributed by atoms with Crippen molar-refractivity contribution in [3.8, 4) is 16.9 Å². The molecule has 5 heterocycles. The van der Waals surface area contributed by atoms with Crippen molar-refractivity contribution in [2.45, 2.75) is 30.6 Å². The van der Waals surface area contributed by atoms with Crippen LogP contribution in [0.25, 0.3) is 16.6 Å². The molecule has 7 rings (SSSR count). The normalized spacial score (nSPS) is 21.5. The number of halogens is 2. The maximum atomic E-state index is 13.3. The first-order valence-corrected chi connectivity index (χ1v) is 11.8. The lowest BCUT2D eigenvalue weighted by molar-refractivity contribution is -0.189. The smallest absolute Gasteiger partial charge is 0.387 e. The zero-order valence-corrected chi connectivity index (χ0v) is 19.6. The van der Waals surface area contributed by atoms with Crippen molar-refractivity contribution >= 4 is 11.4 Å². The van der Waals surface area contributed by atoms with Gasteiger partial charge in [-0.1, -0.05) is 6.07 Å². The van der Waals surface area contributed by atoms with Gasteiger partial charge in [0.05, 0.1) is 30.5 Å². The summed E-state index contributed by atoms with van der Waals surface area (Å²) in [6.07, 6.45) is 5.65. The Morgan fingerprint density at radius 3 is 2.65 bits per heavy atom. The Morgan fingerprint density at radius 1 is 1.16 bits per heavy atom. The van der Waals surface area contributed by atoms with Crippen LogP contribution in [0, 0.1) is 0 Å². The predicted molar refractivity (Wildman–Crippen MR) is 125 cm³/mol. The number of hydrogen-bond donors (Lipinski definition) is 1. The van der Waals surface area contributed by atoms with E-state index in [0.29, 0.717) is 23.4 Å². The molecule has 2 atom stereocenters. The number of hydrogen-bond acceptors (Lipinski definition) is 7. The molecule has 9 nitrogen and oxygen atoms in total. The summed E-state index contributed by atoms with van der Waals surface area (Å²) in [5.41, 5.74) is 3.68. The molecule has 1 N–H and O–H groups in total. The fourth-order valence-electron chi connectivity index (χ4n) is 5.68. The number of alkyl halides is 2. The second-order valence-corrected chi connectivity index (χ2v) is 9.68. The third kappa shape index (κ3) is 3.20. The van der Waals surface area contributed by atoms with Crippen molar-refractivity contribution in [3.63, 3.8) is 0 Å². The van der Waals surface area contributed by atoms with Gasteiger partial charge in [-0.2, -0.15) is 13.9 Å². The van der Waals surface area contributed by atoms with E-state index < -0.39 is 12.2 Å². The summed E-state index contributed by atoms with van der Waals surface area (Å²) in [6.45, 7) is -2.68. The first kappa shape index (κ1) is 22.3. The number of ether oxygens (including phenoxy) is 2. The van der Waals surface area contributed by atoms with E-state index in [-0.39, 0.29) is 36.8 Å². The van der Waals surface area contributed by atoms with Crippen LogP contribution in [0.3, 0.4) is 0 Å². The van der Waals surface area contributed by atoms with Crippen LogP contribution in [-0.4, -0.2) is 62.4 Å². The number of aromatic nitrogens is 4. The van der Waals surface area contributed by atoms with Crippen molar-refractivity contribution in [2.24, 2.45) is 0 Å². The second kappa shape index (κ2) is 7.77. The van der Waals surface area contributed by atoms with Gasteiger partial charge in [0.2, 0.25) is 0 Å². The molecule has 2 unspecified atom stereocenters. The van der Waals surface area contributed by atoms with Crippen molar-refractivity contribution < 1.29 is 28.2 Å². The minimum atomic E-state index is -3.01. The maximum absolute atomic E-state index is 13.3. The zero-order chi connectivity index (χ0) is 25.5. The monoisotopic (exact) mass is 505 g/mol. The molecule has 1 aromatic carbocycles. The fraction of sp³-hybridized carbons (Fsp3) is 0.308. The van der Waals surface area contributed by atoms with Crippen LogP contribution < -0.4 is 4.74 Å². The van der Waals surface area contributed by atoms with Gasteiger partial charge in [-0.15, -0.1) is 0 Å². The quantitative estimate of drug-likeness (QED) is 0.454. The summed E-state index contributed by atoms with van der Waals surface area (Å²) in [4.78, 5) is 23.6. The Labute approximate surface area is 209 Å². The van der Waals surface area contributed by atoms with E-state index in [0.717, 1.165) is 27.9 Å². The molecular formula is C26H21F2N5O4. The van der Waals surface area contributed by atoms with Gasteiger partial charge in [0.25, 0.3) is 5.91 Å². The molecular weight excluding hydrogens is 484 g/mol. The molecule has 0 saturated carbocycles. The molecule has 1 fully saturated rings. The lowest BCUT2D eigenvalue weighted by Gasteiger charge is -2.34. The van der Waals surface area contributed by atoms with Gasteiger partial charge in [-0.05, 0) is 36.2 Å². The Balaban J connectivity index is 1.37. The Morgan fingerprint density at radius 2 is 1.95 bits per heavy atom. The highest BCUT2D eigenvalue weighted by atomic mass is 19.3. The van der Waals surface area contributed by atoms with Crippen LogP contribution in [0.1, 0.15) is 51.4 Å². The average molecular weight is 505 g/mol. The van der Waals surface area contributed by atoms with Crippen molar-refractivity contribution in [1.29, 1.82) is 0 Å². The third-order valence-electron chi connectivity index (χ3n) is 7.56. The van der Waals surface area contributed by atoms with Gasteiger partial charge in [0.15, 0.2) is 11.4 Å². The number of amides is 1. The molecule has 0 radical (unpaired) electrons. The number of pyridine rings is 1. The molecule has 1 aliphatic carbocycles. The van der Waals surface area contributed by atoms with Crippen LogP contribution in [0.4, 0.5) is 8.78 Å². The lowest BCUT2D eigenvalue weighted by atomic mass is 9.88. The summed E-state index contributed by atoms with van der Waals surface area (Å²) >= 11 is 0. The topological polar surface area (TPSA) is 102 Å². The number of benzene rings is 1. The fourth-order valence-corrected chi connectivity index (χ4v) is 5.68. The van der Waals surface area contributed by atoms with Crippen LogP contribution in [0.15, 0.2) is 48.9 Å². The Kier molecular flexibility index (Phi) is 4.67. The summed E-state index contributed by atoms with van der Waals surface area (Å²) in [5, 5.41) is 15.2. The average Bonchev–Trinajstić information content (AvgIpc) is 3.40. The van der Waals surface area contributed by atoms with E-state index in [1.54, 1.807) is 41.0 Å². The van der Waals surface area contributed by atoms with Crippen molar-refractivity contribution in [2.75, 3.05) is 20.3 Å². The first-order valence-electron chi connectivity index (χ1n) is 11.8. The molecule has 1 saturated heterocycles. The van der Waals surface area contributed by atoms with Crippen LogP contribution >= 0.6 is 0 Å². The van der Waals surface area contributed by atoms with E-state index in [1.807, 2.05) is 18.3 Å². The van der Waals surface area contributed by atoms with Crippen molar-refractivity contribution in [3.05, 3.63) is 77.1 Å². The summed E-state index contributed by atoms with van der Waals surface area (Å²) in [5.74, 6) is -0.278. The standard InChI is InChI=1S/C26H21F2N5O4/c1-32-18-8-16(20-15(23(32)34)3-2-4-19(20)37-25(27)28)21-17-7-13(5-6-33(17)31-22(18)21)14-9-29-24(30-10-14)26(35)11-36-12-26/h2-7,9-10,16,18,25,35H,8,11-12H2,1H3. The molecule has 2 bridgehead atoms. The molecule has 37 heavy (non-hydrogen) atoms. The molecule has 1 amide bonds. The number of nitrogens with zero attached hydrogens (tertiary/aromatic N) is 5. The highest BCUT2D eigenvalue weighted by Crippen LogP contribution is 2.53. The summed E-state index contributed by atoms with van der Waals surface area (Å²) in [7, 11) is 1.71. The minimum Gasteiger partial charge on any atom is -0.434 e. The second-order valence-electron chi connectivity index (χ2n) is 9.68. The van der Waals surface area contributed by atoms with E-state index in [9.17, 15) is 18.7 Å². The maximum Gasteiger partial charge on any atom is 0.387 e. The van der Waals surface area contributed by atoms with E-state index in [4.69, 9.17) is 14.6 Å². The van der Waals surface area contributed by atoms with Crippen LogP contribution in [0.5, 0.6) is 5.75 Å². The molecule has 11 heteroatoms. The SMILES string of the molecule is CN1C(=O)c2cccc(OC(F)F)c2C2CC1c1nn3ccc(-c4cnc(C5(O)COC5)nc4)cc3c12. The summed E-state index contributed by atoms with van der Waals surface area (Å²) < 4.78 is 38.3. The highest BCUT2D eigenvalue weighted by Gasteiger charge is 2.46. The van der Waals surface area contributed by atoms with E-state index in [1.165, 1.54) is 6.07 Å². The van der Waals surface area contributed by atoms with Gasteiger partial charge < -0.3 is 19.5 Å². The third-order valence-corrected chi connectivity index (χ3v) is 7.56.